The summed E-state index contributed by atoms with van der Waals surface area (Å²) in [5.74, 6) is -0.170. The van der Waals surface area contributed by atoms with Gasteiger partial charge in [-0.05, 0) is 43.4 Å². The van der Waals surface area contributed by atoms with Crippen LogP contribution in [0.3, 0.4) is 0 Å². The number of nitrogens with zero attached hydrogens (tertiary/aromatic N) is 2. The lowest BCUT2D eigenvalue weighted by Gasteiger charge is -2.37. The fourth-order valence-corrected chi connectivity index (χ4v) is 3.83. The van der Waals surface area contributed by atoms with Crippen LogP contribution in [0.15, 0.2) is 29.6 Å². The van der Waals surface area contributed by atoms with Crippen LogP contribution in [-0.2, 0) is 6.42 Å². The number of likely N-dealkylation sites (tertiary alicyclic amines) is 1. The van der Waals surface area contributed by atoms with Crippen molar-refractivity contribution in [3.63, 3.8) is 0 Å². The number of aliphatic hydroxyl groups is 1. The lowest BCUT2D eigenvalue weighted by molar-refractivity contribution is 0.0484. The summed E-state index contributed by atoms with van der Waals surface area (Å²) in [7, 11) is 0. The summed E-state index contributed by atoms with van der Waals surface area (Å²) in [6, 6.07) is 6.49. The Labute approximate surface area is 145 Å². The Balaban J connectivity index is 1.70. The minimum absolute atomic E-state index is 0.0674. The number of thiazole rings is 1. The van der Waals surface area contributed by atoms with Gasteiger partial charge >= 0.3 is 0 Å². The molecule has 0 aliphatic carbocycles. The van der Waals surface area contributed by atoms with E-state index in [9.17, 15) is 14.3 Å². The first-order valence-electron chi connectivity index (χ1n) is 8.17. The van der Waals surface area contributed by atoms with Crippen LogP contribution in [0.5, 0.6) is 0 Å². The van der Waals surface area contributed by atoms with Gasteiger partial charge in [0, 0.05) is 31.0 Å². The molecule has 2 unspecified atom stereocenters. The van der Waals surface area contributed by atoms with Gasteiger partial charge in [-0.2, -0.15) is 0 Å². The monoisotopic (exact) mass is 348 g/mol. The predicted octanol–water partition coefficient (Wildman–Crippen LogP) is 3.11. The molecule has 128 valence electrons. The maximum Gasteiger partial charge on any atom is 0.273 e. The van der Waals surface area contributed by atoms with E-state index in [1.807, 2.05) is 11.8 Å². The number of amides is 1. The minimum atomic E-state index is -0.258. The normalized spacial score (nSPS) is 21.0. The standard InChI is InChI=1S/C18H21FN2O2S/c1-12-2-3-14(10-22)9-21(12)18(23)16-11-24-17(20-16)8-13-4-6-15(19)7-5-13/h4-7,11-12,14,22H,2-3,8-10H2,1H3. The topological polar surface area (TPSA) is 53.4 Å². The Bertz CT molecular complexity index is 701. The maximum absolute atomic E-state index is 13.0. The number of carbonyl (C=O) groups excluding carboxylic acids is 1. The number of aromatic nitrogens is 1. The van der Waals surface area contributed by atoms with Gasteiger partial charge in [0.1, 0.15) is 11.5 Å². The number of carbonyl (C=O) groups is 1. The van der Waals surface area contributed by atoms with Gasteiger partial charge in [0.25, 0.3) is 5.91 Å². The number of aliphatic hydroxyl groups excluding tert-OH is 1. The quantitative estimate of drug-likeness (QED) is 0.924. The molecule has 1 saturated heterocycles. The number of hydrogen-bond donors (Lipinski definition) is 1. The van der Waals surface area contributed by atoms with E-state index in [0.29, 0.717) is 18.7 Å². The molecule has 0 bridgehead atoms. The second-order valence-corrected chi connectivity index (χ2v) is 7.30. The number of halogens is 1. The van der Waals surface area contributed by atoms with Crippen LogP contribution < -0.4 is 0 Å². The zero-order valence-corrected chi connectivity index (χ0v) is 14.4. The van der Waals surface area contributed by atoms with Gasteiger partial charge in [-0.3, -0.25) is 4.79 Å². The third kappa shape index (κ3) is 3.82. The molecule has 1 aromatic carbocycles. The lowest BCUT2D eigenvalue weighted by Crippen LogP contribution is -2.46. The number of piperidine rings is 1. The molecule has 0 spiro atoms. The second-order valence-electron chi connectivity index (χ2n) is 6.36. The fourth-order valence-electron chi connectivity index (χ4n) is 3.03. The first kappa shape index (κ1) is 17.0. The highest BCUT2D eigenvalue weighted by atomic mass is 32.1. The molecule has 24 heavy (non-hydrogen) atoms. The zero-order valence-electron chi connectivity index (χ0n) is 13.6. The first-order chi connectivity index (χ1) is 11.6. The van der Waals surface area contributed by atoms with Crippen molar-refractivity contribution in [2.45, 2.75) is 32.2 Å². The molecule has 1 aromatic heterocycles. The summed E-state index contributed by atoms with van der Waals surface area (Å²) < 4.78 is 13.0. The van der Waals surface area contributed by atoms with Gasteiger partial charge in [0.2, 0.25) is 0 Å². The maximum atomic E-state index is 13.0. The Morgan fingerprint density at radius 2 is 2.12 bits per heavy atom. The molecule has 2 atom stereocenters. The zero-order chi connectivity index (χ0) is 17.1. The molecular formula is C18H21FN2O2S. The first-order valence-corrected chi connectivity index (χ1v) is 9.05. The van der Waals surface area contributed by atoms with Crippen LogP contribution in [-0.4, -0.2) is 40.1 Å². The van der Waals surface area contributed by atoms with E-state index in [1.54, 1.807) is 17.5 Å². The Kier molecular flexibility index (Phi) is 5.26. The van der Waals surface area contributed by atoms with E-state index in [0.717, 1.165) is 23.4 Å². The van der Waals surface area contributed by atoms with Crippen molar-refractivity contribution in [1.29, 1.82) is 0 Å². The van der Waals surface area contributed by atoms with Crippen LogP contribution in [0.2, 0.25) is 0 Å². The number of benzene rings is 1. The summed E-state index contributed by atoms with van der Waals surface area (Å²) in [6.45, 7) is 2.74. The van der Waals surface area contributed by atoms with Crippen molar-refractivity contribution in [2.75, 3.05) is 13.2 Å². The molecule has 3 rings (SSSR count). The third-order valence-electron chi connectivity index (χ3n) is 4.54. The van der Waals surface area contributed by atoms with Crippen molar-refractivity contribution in [2.24, 2.45) is 5.92 Å². The molecule has 1 amide bonds. The van der Waals surface area contributed by atoms with Crippen LogP contribution >= 0.6 is 11.3 Å². The molecule has 1 fully saturated rings. The molecule has 2 heterocycles. The summed E-state index contributed by atoms with van der Waals surface area (Å²) in [5, 5.41) is 12.0. The second kappa shape index (κ2) is 7.40. The summed E-state index contributed by atoms with van der Waals surface area (Å²) in [4.78, 5) is 19.0. The molecule has 1 aliphatic rings. The summed E-state index contributed by atoms with van der Waals surface area (Å²) in [6.07, 6.45) is 2.45. The minimum Gasteiger partial charge on any atom is -0.396 e. The van der Waals surface area contributed by atoms with Gasteiger partial charge < -0.3 is 10.0 Å². The average Bonchev–Trinajstić information content (AvgIpc) is 3.05. The SMILES string of the molecule is CC1CCC(CO)CN1C(=O)c1csc(Cc2ccc(F)cc2)n1. The van der Waals surface area contributed by atoms with Crippen molar-refractivity contribution in [3.05, 3.63) is 51.7 Å². The Morgan fingerprint density at radius 3 is 2.83 bits per heavy atom. The molecule has 2 aromatic rings. The Hall–Kier alpha value is -1.79. The third-order valence-corrected chi connectivity index (χ3v) is 5.39. The van der Waals surface area contributed by atoms with Crippen LogP contribution in [0.25, 0.3) is 0 Å². The smallest absolute Gasteiger partial charge is 0.273 e. The highest BCUT2D eigenvalue weighted by Gasteiger charge is 2.30. The van der Waals surface area contributed by atoms with Crippen molar-refractivity contribution in [1.82, 2.24) is 9.88 Å². The molecular weight excluding hydrogens is 327 g/mol. The van der Waals surface area contributed by atoms with Gasteiger partial charge in [-0.1, -0.05) is 12.1 Å². The molecule has 0 saturated carbocycles. The number of rotatable bonds is 4. The van der Waals surface area contributed by atoms with Gasteiger partial charge in [0.05, 0.1) is 5.01 Å². The van der Waals surface area contributed by atoms with Crippen LogP contribution in [0.1, 0.15) is 40.8 Å². The van der Waals surface area contributed by atoms with E-state index in [1.165, 1.54) is 23.5 Å². The van der Waals surface area contributed by atoms with Crippen LogP contribution in [0.4, 0.5) is 4.39 Å². The molecule has 1 N–H and O–H groups in total. The Morgan fingerprint density at radius 1 is 1.38 bits per heavy atom. The van der Waals surface area contributed by atoms with E-state index in [-0.39, 0.29) is 30.3 Å². The van der Waals surface area contributed by atoms with E-state index in [2.05, 4.69) is 4.98 Å². The van der Waals surface area contributed by atoms with Crippen molar-refractivity contribution in [3.8, 4) is 0 Å². The lowest BCUT2D eigenvalue weighted by atomic mass is 9.94. The number of hydrogen-bond acceptors (Lipinski definition) is 4. The predicted molar refractivity (Wildman–Crippen MR) is 91.6 cm³/mol. The van der Waals surface area contributed by atoms with E-state index < -0.39 is 0 Å². The van der Waals surface area contributed by atoms with Gasteiger partial charge in [-0.15, -0.1) is 11.3 Å². The highest BCUT2D eigenvalue weighted by Crippen LogP contribution is 2.24. The molecule has 0 radical (unpaired) electrons. The van der Waals surface area contributed by atoms with Crippen molar-refractivity contribution < 1.29 is 14.3 Å². The van der Waals surface area contributed by atoms with Crippen molar-refractivity contribution >= 4 is 17.2 Å². The molecule has 6 heteroatoms. The van der Waals surface area contributed by atoms with Crippen LogP contribution in [0, 0.1) is 11.7 Å². The molecule has 1 aliphatic heterocycles. The summed E-state index contributed by atoms with van der Waals surface area (Å²) in [5.41, 5.74) is 1.43. The molecule has 4 nitrogen and oxygen atoms in total. The fraction of sp³-hybridized carbons (Fsp3) is 0.444. The largest absolute Gasteiger partial charge is 0.396 e. The van der Waals surface area contributed by atoms with E-state index >= 15 is 0 Å². The van der Waals surface area contributed by atoms with E-state index in [4.69, 9.17) is 0 Å². The highest BCUT2D eigenvalue weighted by molar-refractivity contribution is 7.09. The van der Waals surface area contributed by atoms with Gasteiger partial charge in [-0.25, -0.2) is 9.37 Å². The van der Waals surface area contributed by atoms with Gasteiger partial charge in [0.15, 0.2) is 0 Å². The average molecular weight is 348 g/mol. The summed E-state index contributed by atoms with van der Waals surface area (Å²) >= 11 is 1.45.